The van der Waals surface area contributed by atoms with E-state index in [9.17, 15) is 5.11 Å². The quantitative estimate of drug-likeness (QED) is 0.831. The highest BCUT2D eigenvalue weighted by Gasteiger charge is 2.08. The minimum absolute atomic E-state index is 0.116. The number of aromatic hydroxyl groups is 1. The van der Waals surface area contributed by atoms with Crippen LogP contribution in [0.25, 0.3) is 0 Å². The summed E-state index contributed by atoms with van der Waals surface area (Å²) in [7, 11) is 0. The molecule has 3 nitrogen and oxygen atoms in total. The molecule has 0 spiro atoms. The van der Waals surface area contributed by atoms with Crippen LogP contribution in [0.1, 0.15) is 31.0 Å². The summed E-state index contributed by atoms with van der Waals surface area (Å²) >= 11 is 0. The maximum atomic E-state index is 9.55. The first-order valence-corrected chi connectivity index (χ1v) is 6.92. The van der Waals surface area contributed by atoms with Gasteiger partial charge in [0, 0.05) is 23.9 Å². The van der Waals surface area contributed by atoms with E-state index in [4.69, 9.17) is 4.74 Å². The molecule has 20 heavy (non-hydrogen) atoms. The van der Waals surface area contributed by atoms with Gasteiger partial charge in [-0.2, -0.15) is 0 Å². The molecule has 2 rings (SSSR count). The third-order valence-corrected chi connectivity index (χ3v) is 3.22. The molecule has 0 aromatic heterocycles. The fourth-order valence-electron chi connectivity index (χ4n) is 2.11. The summed E-state index contributed by atoms with van der Waals surface area (Å²) in [6.45, 7) is 5.38. The lowest BCUT2D eigenvalue weighted by Gasteiger charge is -2.18. The van der Waals surface area contributed by atoms with Crippen molar-refractivity contribution in [2.75, 3.05) is 11.9 Å². The van der Waals surface area contributed by atoms with Crippen LogP contribution >= 0.6 is 0 Å². The van der Waals surface area contributed by atoms with Crippen molar-refractivity contribution in [1.29, 1.82) is 0 Å². The van der Waals surface area contributed by atoms with E-state index in [2.05, 4.69) is 18.3 Å². The van der Waals surface area contributed by atoms with E-state index in [1.807, 2.05) is 37.3 Å². The Hall–Kier alpha value is -2.00. The molecule has 0 saturated heterocycles. The topological polar surface area (TPSA) is 41.5 Å². The third-order valence-electron chi connectivity index (χ3n) is 3.22. The van der Waals surface area contributed by atoms with Crippen molar-refractivity contribution in [1.82, 2.24) is 0 Å². The van der Waals surface area contributed by atoms with Gasteiger partial charge in [-0.1, -0.05) is 30.3 Å². The Balaban J connectivity index is 2.13. The molecular weight excluding hydrogens is 250 g/mol. The lowest BCUT2D eigenvalue weighted by atomic mass is 10.1. The first kappa shape index (κ1) is 14.4. The molecule has 3 heteroatoms. The second kappa shape index (κ2) is 6.96. The molecule has 0 radical (unpaired) electrons. The van der Waals surface area contributed by atoms with Gasteiger partial charge < -0.3 is 15.2 Å². The largest absolute Gasteiger partial charge is 0.508 e. The van der Waals surface area contributed by atoms with Crippen molar-refractivity contribution < 1.29 is 9.84 Å². The van der Waals surface area contributed by atoms with Crippen molar-refractivity contribution in [3.05, 3.63) is 59.7 Å². The molecule has 0 aliphatic rings. The standard InChI is InChI=1S/C17H21NO2/c1-3-20-12-15-7-4-5-10-17(15)18-13(2)14-8-6-9-16(19)11-14/h4-11,13,18-19H,3,12H2,1-2H3. The molecule has 0 saturated carbocycles. The Bertz CT molecular complexity index is 554. The number of para-hydroxylation sites is 1. The van der Waals surface area contributed by atoms with Gasteiger partial charge >= 0.3 is 0 Å². The second-order valence-electron chi connectivity index (χ2n) is 4.76. The van der Waals surface area contributed by atoms with Crippen LogP contribution < -0.4 is 5.32 Å². The summed E-state index contributed by atoms with van der Waals surface area (Å²) in [6.07, 6.45) is 0. The Labute approximate surface area is 120 Å². The van der Waals surface area contributed by atoms with E-state index in [0.717, 1.165) is 16.8 Å². The number of hydrogen-bond acceptors (Lipinski definition) is 3. The Morgan fingerprint density at radius 1 is 1.15 bits per heavy atom. The van der Waals surface area contributed by atoms with Gasteiger partial charge in [0.2, 0.25) is 0 Å². The summed E-state index contributed by atoms with van der Waals surface area (Å²) in [5.74, 6) is 0.291. The molecular formula is C17H21NO2. The van der Waals surface area contributed by atoms with Gasteiger partial charge in [-0.25, -0.2) is 0 Å². The molecule has 2 aromatic carbocycles. The van der Waals surface area contributed by atoms with Crippen molar-refractivity contribution in [3.8, 4) is 5.75 Å². The van der Waals surface area contributed by atoms with Crippen molar-refractivity contribution in [2.24, 2.45) is 0 Å². The molecule has 0 heterocycles. The summed E-state index contributed by atoms with van der Waals surface area (Å²) < 4.78 is 5.49. The van der Waals surface area contributed by atoms with Crippen LogP contribution in [0.15, 0.2) is 48.5 Å². The van der Waals surface area contributed by atoms with Gasteiger partial charge in [-0.3, -0.25) is 0 Å². The lowest BCUT2D eigenvalue weighted by molar-refractivity contribution is 0.134. The SMILES string of the molecule is CCOCc1ccccc1NC(C)c1cccc(O)c1. The van der Waals surface area contributed by atoms with Crippen LogP contribution in [0.3, 0.4) is 0 Å². The van der Waals surface area contributed by atoms with Crippen LogP contribution in [0.4, 0.5) is 5.69 Å². The van der Waals surface area contributed by atoms with Gasteiger partial charge in [-0.05, 0) is 37.6 Å². The average Bonchev–Trinajstić information content (AvgIpc) is 2.46. The molecule has 106 valence electrons. The minimum Gasteiger partial charge on any atom is -0.508 e. The molecule has 0 amide bonds. The van der Waals surface area contributed by atoms with E-state index in [1.54, 1.807) is 12.1 Å². The van der Waals surface area contributed by atoms with Crippen molar-refractivity contribution in [2.45, 2.75) is 26.5 Å². The highest BCUT2D eigenvalue weighted by Crippen LogP contribution is 2.24. The number of anilines is 1. The van der Waals surface area contributed by atoms with Crippen LogP contribution in [0.5, 0.6) is 5.75 Å². The van der Waals surface area contributed by atoms with Crippen LogP contribution in [0.2, 0.25) is 0 Å². The second-order valence-corrected chi connectivity index (χ2v) is 4.76. The molecule has 0 aliphatic heterocycles. The predicted octanol–water partition coefficient (Wildman–Crippen LogP) is 4.10. The lowest BCUT2D eigenvalue weighted by Crippen LogP contribution is -2.09. The fourth-order valence-corrected chi connectivity index (χ4v) is 2.11. The maximum absolute atomic E-state index is 9.55. The number of ether oxygens (including phenoxy) is 1. The van der Waals surface area contributed by atoms with E-state index < -0.39 is 0 Å². The molecule has 1 unspecified atom stereocenters. The van der Waals surface area contributed by atoms with Gasteiger partial charge in [0.25, 0.3) is 0 Å². The number of phenolic OH excluding ortho intramolecular Hbond substituents is 1. The Kier molecular flexibility index (Phi) is 5.02. The van der Waals surface area contributed by atoms with Gasteiger partial charge in [-0.15, -0.1) is 0 Å². The average molecular weight is 271 g/mol. The molecule has 0 fully saturated rings. The van der Waals surface area contributed by atoms with Gasteiger partial charge in [0.05, 0.1) is 6.61 Å². The van der Waals surface area contributed by atoms with Gasteiger partial charge in [0.15, 0.2) is 0 Å². The predicted molar refractivity (Wildman–Crippen MR) is 81.9 cm³/mol. The zero-order chi connectivity index (χ0) is 14.4. The van der Waals surface area contributed by atoms with Crippen LogP contribution in [-0.2, 0) is 11.3 Å². The Morgan fingerprint density at radius 2 is 1.95 bits per heavy atom. The molecule has 2 aromatic rings. The third kappa shape index (κ3) is 3.75. The maximum Gasteiger partial charge on any atom is 0.115 e. The first-order chi connectivity index (χ1) is 9.70. The van der Waals surface area contributed by atoms with Crippen molar-refractivity contribution in [3.63, 3.8) is 0 Å². The number of nitrogens with one attached hydrogen (secondary N) is 1. The highest BCUT2D eigenvalue weighted by atomic mass is 16.5. The highest BCUT2D eigenvalue weighted by molar-refractivity contribution is 5.52. The molecule has 1 atom stereocenters. The molecule has 2 N–H and O–H groups in total. The Morgan fingerprint density at radius 3 is 2.70 bits per heavy atom. The monoisotopic (exact) mass is 271 g/mol. The first-order valence-electron chi connectivity index (χ1n) is 6.92. The van der Waals surface area contributed by atoms with E-state index in [0.29, 0.717) is 19.0 Å². The number of benzene rings is 2. The normalized spacial score (nSPS) is 12.1. The van der Waals surface area contributed by atoms with Crippen LogP contribution in [-0.4, -0.2) is 11.7 Å². The fraction of sp³-hybridized carbons (Fsp3) is 0.294. The molecule has 0 bridgehead atoms. The zero-order valence-corrected chi connectivity index (χ0v) is 12.0. The van der Waals surface area contributed by atoms with Gasteiger partial charge in [0.1, 0.15) is 5.75 Å². The van der Waals surface area contributed by atoms with E-state index >= 15 is 0 Å². The minimum atomic E-state index is 0.116. The number of hydrogen-bond donors (Lipinski definition) is 2. The van der Waals surface area contributed by atoms with E-state index in [-0.39, 0.29) is 6.04 Å². The van der Waals surface area contributed by atoms with Crippen molar-refractivity contribution >= 4 is 5.69 Å². The zero-order valence-electron chi connectivity index (χ0n) is 12.0. The number of phenols is 1. The summed E-state index contributed by atoms with van der Waals surface area (Å²) in [4.78, 5) is 0. The number of rotatable bonds is 6. The van der Waals surface area contributed by atoms with E-state index in [1.165, 1.54) is 0 Å². The summed E-state index contributed by atoms with van der Waals surface area (Å²) in [5, 5.41) is 13.0. The molecule has 0 aliphatic carbocycles. The van der Waals surface area contributed by atoms with Crippen LogP contribution in [0, 0.1) is 0 Å². The smallest absolute Gasteiger partial charge is 0.115 e. The summed E-state index contributed by atoms with van der Waals surface area (Å²) in [6, 6.07) is 15.6. The summed E-state index contributed by atoms with van der Waals surface area (Å²) in [5.41, 5.74) is 3.26.